The molecule has 5 heterocycles. The highest BCUT2D eigenvalue weighted by molar-refractivity contribution is 5.93. The minimum absolute atomic E-state index is 0.0683. The number of anilines is 3. The normalized spacial score (nSPS) is 17.0. The van der Waals surface area contributed by atoms with Gasteiger partial charge in [-0.05, 0) is 35.8 Å². The number of hydrogen-bond acceptors (Lipinski definition) is 8. The quantitative estimate of drug-likeness (QED) is 0.285. The third kappa shape index (κ3) is 6.04. The first-order valence-corrected chi connectivity index (χ1v) is 13.8. The number of carbonyl (C=O) groups excluding carboxylic acids is 2. The van der Waals surface area contributed by atoms with Crippen LogP contribution in [0.25, 0.3) is 22.3 Å². The van der Waals surface area contributed by atoms with Gasteiger partial charge in [-0.1, -0.05) is 30.8 Å². The van der Waals surface area contributed by atoms with Crippen molar-refractivity contribution in [2.75, 3.05) is 54.5 Å². The average molecular weight is 553 g/mol. The van der Waals surface area contributed by atoms with E-state index in [4.69, 9.17) is 4.74 Å². The molecule has 2 fully saturated rings. The lowest BCUT2D eigenvalue weighted by Gasteiger charge is -2.27. The van der Waals surface area contributed by atoms with Gasteiger partial charge < -0.3 is 30.2 Å². The molecular weight excluding hydrogens is 520 g/mol. The van der Waals surface area contributed by atoms with Crippen molar-refractivity contribution in [1.82, 2.24) is 25.3 Å². The Morgan fingerprint density at radius 2 is 1.88 bits per heavy atom. The van der Waals surface area contributed by atoms with Gasteiger partial charge in [0.2, 0.25) is 11.8 Å². The van der Waals surface area contributed by atoms with Crippen molar-refractivity contribution in [3.63, 3.8) is 0 Å². The van der Waals surface area contributed by atoms with Crippen molar-refractivity contribution in [3.8, 4) is 11.3 Å². The van der Waals surface area contributed by atoms with Crippen molar-refractivity contribution < 1.29 is 14.3 Å². The van der Waals surface area contributed by atoms with Crippen molar-refractivity contribution in [2.45, 2.75) is 18.9 Å². The predicted octanol–water partition coefficient (Wildman–Crippen LogP) is 2.92. The number of amides is 2. The number of aromatic amines is 1. The number of morpholine rings is 1. The second-order valence-corrected chi connectivity index (χ2v) is 10.2. The highest BCUT2D eigenvalue weighted by Gasteiger charge is 2.24. The van der Waals surface area contributed by atoms with Crippen molar-refractivity contribution in [3.05, 3.63) is 73.2 Å². The number of hydrogen-bond donors (Lipinski definition) is 3. The number of ether oxygens (including phenoxy) is 1. The minimum Gasteiger partial charge on any atom is -0.378 e. The molecule has 4 aromatic rings. The smallest absolute Gasteiger partial charge is 0.243 e. The summed E-state index contributed by atoms with van der Waals surface area (Å²) in [6.07, 6.45) is 5.64. The molecule has 2 aliphatic heterocycles. The molecule has 1 unspecified atom stereocenters. The summed E-state index contributed by atoms with van der Waals surface area (Å²) in [6, 6.07) is 13.8. The number of aromatic nitrogens is 4. The van der Waals surface area contributed by atoms with Gasteiger partial charge >= 0.3 is 0 Å². The molecule has 0 saturated carbocycles. The summed E-state index contributed by atoms with van der Waals surface area (Å²) in [4.78, 5) is 45.5. The molecule has 0 bridgehead atoms. The molecule has 0 spiro atoms. The molecule has 11 heteroatoms. The van der Waals surface area contributed by atoms with Crippen LogP contribution in [0.2, 0.25) is 0 Å². The summed E-state index contributed by atoms with van der Waals surface area (Å²) in [5.74, 6) is 1.10. The number of carbonyl (C=O) groups is 2. The van der Waals surface area contributed by atoms with Gasteiger partial charge in [-0.3, -0.25) is 9.59 Å². The van der Waals surface area contributed by atoms with Crippen LogP contribution in [0, 0.1) is 0 Å². The molecule has 1 aromatic carbocycles. The van der Waals surface area contributed by atoms with E-state index in [2.05, 4.69) is 53.0 Å². The third-order valence-corrected chi connectivity index (χ3v) is 7.44. The maximum absolute atomic E-state index is 12.8. The first-order valence-electron chi connectivity index (χ1n) is 13.8. The van der Waals surface area contributed by atoms with Gasteiger partial charge in [0.25, 0.3) is 0 Å². The second kappa shape index (κ2) is 11.8. The average Bonchev–Trinajstić information content (AvgIpc) is 3.65. The lowest BCUT2D eigenvalue weighted by molar-refractivity contribution is -0.117. The zero-order chi connectivity index (χ0) is 28.2. The third-order valence-electron chi connectivity index (χ3n) is 7.44. The Kier molecular flexibility index (Phi) is 7.59. The van der Waals surface area contributed by atoms with Gasteiger partial charge in [0.05, 0.1) is 25.0 Å². The zero-order valence-electron chi connectivity index (χ0n) is 22.7. The first-order chi connectivity index (χ1) is 20.1. The topological polar surface area (TPSA) is 128 Å². The Hall–Kier alpha value is -4.77. The Balaban J connectivity index is 1.08. The van der Waals surface area contributed by atoms with Crippen LogP contribution in [0.4, 0.5) is 17.3 Å². The van der Waals surface area contributed by atoms with E-state index in [0.29, 0.717) is 25.6 Å². The van der Waals surface area contributed by atoms with E-state index in [1.165, 1.54) is 6.08 Å². The van der Waals surface area contributed by atoms with Crippen LogP contribution in [0.15, 0.2) is 67.6 Å². The lowest BCUT2D eigenvalue weighted by atomic mass is 10.1. The molecular formula is C30H32N8O3. The number of rotatable bonds is 8. The highest BCUT2D eigenvalue weighted by Crippen LogP contribution is 2.29. The van der Waals surface area contributed by atoms with Crippen LogP contribution in [0.5, 0.6) is 0 Å². The molecule has 41 heavy (non-hydrogen) atoms. The van der Waals surface area contributed by atoms with E-state index in [0.717, 1.165) is 65.4 Å². The molecule has 11 nitrogen and oxygen atoms in total. The van der Waals surface area contributed by atoms with E-state index in [1.54, 1.807) is 12.5 Å². The first kappa shape index (κ1) is 26.5. The Morgan fingerprint density at radius 3 is 2.68 bits per heavy atom. The van der Waals surface area contributed by atoms with Gasteiger partial charge in [0, 0.05) is 55.9 Å². The summed E-state index contributed by atoms with van der Waals surface area (Å²) in [6.45, 7) is 8.00. The second-order valence-electron chi connectivity index (χ2n) is 10.2. The van der Waals surface area contributed by atoms with Crippen molar-refractivity contribution >= 4 is 40.2 Å². The van der Waals surface area contributed by atoms with E-state index >= 15 is 0 Å². The predicted molar refractivity (Wildman–Crippen MR) is 158 cm³/mol. The van der Waals surface area contributed by atoms with Crippen LogP contribution in [0.1, 0.15) is 12.0 Å². The van der Waals surface area contributed by atoms with Crippen LogP contribution >= 0.6 is 0 Å². The van der Waals surface area contributed by atoms with Crippen LogP contribution in [-0.2, 0) is 20.7 Å². The largest absolute Gasteiger partial charge is 0.378 e. The monoisotopic (exact) mass is 552 g/mol. The summed E-state index contributed by atoms with van der Waals surface area (Å²) in [5, 5.41) is 6.84. The van der Waals surface area contributed by atoms with E-state index in [-0.39, 0.29) is 24.3 Å². The van der Waals surface area contributed by atoms with Crippen molar-refractivity contribution in [2.24, 2.45) is 0 Å². The highest BCUT2D eigenvalue weighted by atomic mass is 16.5. The number of fused-ring (bicyclic) bond motifs is 1. The summed E-state index contributed by atoms with van der Waals surface area (Å²) >= 11 is 0. The fourth-order valence-electron chi connectivity index (χ4n) is 5.34. The Morgan fingerprint density at radius 1 is 1.05 bits per heavy atom. The van der Waals surface area contributed by atoms with Gasteiger partial charge in [0.15, 0.2) is 0 Å². The number of nitrogens with zero attached hydrogens (tertiary/aromatic N) is 5. The fraction of sp³-hybridized carbons (Fsp3) is 0.300. The van der Waals surface area contributed by atoms with Crippen molar-refractivity contribution in [1.29, 1.82) is 0 Å². The van der Waals surface area contributed by atoms with E-state index < -0.39 is 0 Å². The Labute approximate surface area is 237 Å². The van der Waals surface area contributed by atoms with Gasteiger partial charge in [0.1, 0.15) is 23.6 Å². The number of benzene rings is 1. The molecule has 210 valence electrons. The Bertz CT molecular complexity index is 1560. The molecule has 2 amide bonds. The molecule has 2 aliphatic rings. The van der Waals surface area contributed by atoms with Crippen LogP contribution in [-0.4, -0.2) is 77.2 Å². The van der Waals surface area contributed by atoms with Gasteiger partial charge in [-0.15, -0.1) is 0 Å². The maximum atomic E-state index is 12.8. The molecule has 3 aromatic heterocycles. The molecule has 0 aliphatic carbocycles. The number of pyridine rings is 1. The SMILES string of the molecule is C=CC(=O)NC1CCN(c2ccnc(NC(=O)Cc3ccc(-c4cc5c(N6CCOCC6)ncnc5[nH]4)cc3)c2)C1. The summed E-state index contributed by atoms with van der Waals surface area (Å²) in [7, 11) is 0. The number of nitrogens with one attached hydrogen (secondary N) is 3. The molecule has 3 N–H and O–H groups in total. The van der Waals surface area contributed by atoms with Crippen LogP contribution < -0.4 is 20.4 Å². The zero-order valence-corrected chi connectivity index (χ0v) is 22.7. The lowest BCUT2D eigenvalue weighted by Crippen LogP contribution is -2.36. The molecule has 1 atom stereocenters. The fourth-order valence-corrected chi connectivity index (χ4v) is 5.34. The molecule has 6 rings (SSSR count). The van der Waals surface area contributed by atoms with Gasteiger partial charge in [-0.2, -0.15) is 0 Å². The van der Waals surface area contributed by atoms with Crippen LogP contribution in [0.3, 0.4) is 0 Å². The maximum Gasteiger partial charge on any atom is 0.243 e. The molecule has 0 radical (unpaired) electrons. The minimum atomic E-state index is -0.166. The summed E-state index contributed by atoms with van der Waals surface area (Å²) < 4.78 is 5.48. The molecule has 2 saturated heterocycles. The van der Waals surface area contributed by atoms with E-state index in [9.17, 15) is 9.59 Å². The standard InChI is InChI=1S/C30H32N8O3/c1-2-27(39)34-22-8-10-38(18-22)23-7-9-31-26(16-23)36-28(40)15-20-3-5-21(6-4-20)25-17-24-29(35-25)32-19-33-30(24)37-11-13-41-14-12-37/h2-7,9,16-17,19,22H,1,8,10-15,18H2,(H,34,39)(H,31,36,40)(H,32,33,35). The van der Waals surface area contributed by atoms with Gasteiger partial charge in [-0.25, -0.2) is 15.0 Å². The summed E-state index contributed by atoms with van der Waals surface area (Å²) in [5.41, 5.74) is 4.59. The number of H-pyrrole nitrogens is 1. The van der Waals surface area contributed by atoms with E-state index in [1.807, 2.05) is 36.4 Å².